The fraction of sp³-hybridized carbons (Fsp3) is 0.450. The van der Waals surface area contributed by atoms with Gasteiger partial charge in [-0.25, -0.2) is 4.39 Å². The van der Waals surface area contributed by atoms with Crippen LogP contribution >= 0.6 is 0 Å². The predicted octanol–water partition coefficient (Wildman–Crippen LogP) is 1.79. The molecule has 0 bridgehead atoms. The van der Waals surface area contributed by atoms with Crippen molar-refractivity contribution in [2.45, 2.75) is 45.8 Å². The van der Waals surface area contributed by atoms with Crippen LogP contribution < -0.4 is 16.0 Å². The first-order valence-electron chi connectivity index (χ1n) is 9.07. The maximum atomic E-state index is 14.2. The molecule has 2 unspecified atom stereocenters. The van der Waals surface area contributed by atoms with Crippen molar-refractivity contribution < 1.29 is 18.8 Å². The average molecular weight is 375 g/mol. The second kappa shape index (κ2) is 9.30. The Balaban J connectivity index is 1.88. The van der Waals surface area contributed by atoms with Crippen LogP contribution in [0.4, 0.5) is 4.39 Å². The summed E-state index contributed by atoms with van der Waals surface area (Å²) in [6.07, 6.45) is 2.39. The van der Waals surface area contributed by atoms with Crippen LogP contribution in [-0.4, -0.2) is 23.8 Å². The third kappa shape index (κ3) is 5.64. The van der Waals surface area contributed by atoms with Crippen molar-refractivity contribution in [2.75, 3.05) is 0 Å². The van der Waals surface area contributed by atoms with Gasteiger partial charge in [-0.3, -0.25) is 14.4 Å². The molecule has 0 radical (unpaired) electrons. The number of carbonyl (C=O) groups is 3. The van der Waals surface area contributed by atoms with E-state index in [1.165, 1.54) is 6.07 Å². The fourth-order valence-corrected chi connectivity index (χ4v) is 2.99. The SMILES string of the molecule is C=CC(=O)NCc1ccc(CNC(=O)C2CCC(C(C)C)NC2=O)c(F)c1. The van der Waals surface area contributed by atoms with Crippen molar-refractivity contribution in [3.05, 3.63) is 47.8 Å². The second-order valence-electron chi connectivity index (χ2n) is 7.05. The summed E-state index contributed by atoms with van der Waals surface area (Å²) in [6.45, 7) is 7.59. The van der Waals surface area contributed by atoms with Gasteiger partial charge in [0.1, 0.15) is 11.7 Å². The van der Waals surface area contributed by atoms with Gasteiger partial charge in [0.25, 0.3) is 0 Å². The van der Waals surface area contributed by atoms with Crippen molar-refractivity contribution in [3.8, 4) is 0 Å². The lowest BCUT2D eigenvalue weighted by molar-refractivity contribution is -0.138. The van der Waals surface area contributed by atoms with E-state index >= 15 is 0 Å². The van der Waals surface area contributed by atoms with Crippen LogP contribution in [0.2, 0.25) is 0 Å². The summed E-state index contributed by atoms with van der Waals surface area (Å²) in [7, 11) is 0. The molecule has 7 heteroatoms. The van der Waals surface area contributed by atoms with Crippen molar-refractivity contribution in [2.24, 2.45) is 11.8 Å². The molecule has 3 amide bonds. The number of carbonyl (C=O) groups excluding carboxylic acids is 3. The smallest absolute Gasteiger partial charge is 0.243 e. The molecule has 6 nitrogen and oxygen atoms in total. The number of hydrogen-bond donors (Lipinski definition) is 3. The second-order valence-corrected chi connectivity index (χ2v) is 7.05. The first kappa shape index (κ1) is 20.6. The minimum absolute atomic E-state index is 0.00134. The van der Waals surface area contributed by atoms with Crippen molar-refractivity contribution >= 4 is 17.7 Å². The van der Waals surface area contributed by atoms with Gasteiger partial charge < -0.3 is 16.0 Å². The monoisotopic (exact) mass is 375 g/mol. The van der Waals surface area contributed by atoms with Crippen molar-refractivity contribution in [1.29, 1.82) is 0 Å². The van der Waals surface area contributed by atoms with Crippen LogP contribution in [-0.2, 0) is 27.5 Å². The van der Waals surface area contributed by atoms with Gasteiger partial charge in [0.05, 0.1) is 0 Å². The van der Waals surface area contributed by atoms with E-state index in [0.29, 0.717) is 23.5 Å². The lowest BCUT2D eigenvalue weighted by atomic mass is 9.88. The van der Waals surface area contributed by atoms with Gasteiger partial charge in [0, 0.05) is 24.7 Å². The average Bonchev–Trinajstić information content (AvgIpc) is 2.64. The van der Waals surface area contributed by atoms with Crippen LogP contribution in [0.15, 0.2) is 30.9 Å². The Bertz CT molecular complexity index is 733. The van der Waals surface area contributed by atoms with E-state index in [-0.39, 0.29) is 30.9 Å². The molecular weight excluding hydrogens is 349 g/mol. The highest BCUT2D eigenvalue weighted by Crippen LogP contribution is 2.20. The molecule has 2 atom stereocenters. The number of amides is 3. The molecule has 1 aromatic rings. The zero-order valence-corrected chi connectivity index (χ0v) is 15.7. The molecule has 0 aliphatic carbocycles. The van der Waals surface area contributed by atoms with E-state index in [1.54, 1.807) is 12.1 Å². The molecule has 1 aliphatic heterocycles. The number of piperidine rings is 1. The van der Waals surface area contributed by atoms with Gasteiger partial charge in [0.15, 0.2) is 0 Å². The van der Waals surface area contributed by atoms with Gasteiger partial charge >= 0.3 is 0 Å². The summed E-state index contributed by atoms with van der Waals surface area (Å²) >= 11 is 0. The van der Waals surface area contributed by atoms with Gasteiger partial charge in [-0.05, 0) is 36.5 Å². The Kier molecular flexibility index (Phi) is 7.10. The van der Waals surface area contributed by atoms with E-state index in [0.717, 1.165) is 12.5 Å². The van der Waals surface area contributed by atoms with E-state index < -0.39 is 17.6 Å². The first-order valence-corrected chi connectivity index (χ1v) is 9.07. The van der Waals surface area contributed by atoms with Crippen LogP contribution in [0.3, 0.4) is 0 Å². The summed E-state index contributed by atoms with van der Waals surface area (Å²) in [5.74, 6) is -1.90. The van der Waals surface area contributed by atoms with E-state index in [2.05, 4.69) is 22.5 Å². The van der Waals surface area contributed by atoms with Gasteiger partial charge in [-0.2, -0.15) is 0 Å². The fourth-order valence-electron chi connectivity index (χ4n) is 2.99. The Hall–Kier alpha value is -2.70. The minimum atomic E-state index is -0.739. The van der Waals surface area contributed by atoms with E-state index in [9.17, 15) is 18.8 Å². The number of rotatable bonds is 7. The highest BCUT2D eigenvalue weighted by atomic mass is 19.1. The highest BCUT2D eigenvalue weighted by molar-refractivity contribution is 6.00. The number of benzene rings is 1. The summed E-state index contributed by atoms with van der Waals surface area (Å²) in [5.41, 5.74) is 0.919. The molecule has 1 fully saturated rings. The number of halogens is 1. The number of nitrogens with one attached hydrogen (secondary N) is 3. The summed E-state index contributed by atoms with van der Waals surface area (Å²) in [5, 5.41) is 8.08. The predicted molar refractivity (Wildman–Crippen MR) is 99.8 cm³/mol. The molecule has 1 aliphatic rings. The molecular formula is C20H26FN3O3. The van der Waals surface area contributed by atoms with Gasteiger partial charge in [-0.15, -0.1) is 0 Å². The standard InChI is InChI=1S/C20H26FN3O3/c1-4-18(25)22-10-13-5-6-14(16(21)9-13)11-23-19(26)15-7-8-17(12(2)3)24-20(15)27/h4-6,9,12,15,17H,1,7-8,10-11H2,2-3H3,(H,22,25)(H,23,26)(H,24,27). The largest absolute Gasteiger partial charge is 0.352 e. The van der Waals surface area contributed by atoms with Crippen LogP contribution in [0.25, 0.3) is 0 Å². The Morgan fingerprint density at radius 2 is 2.04 bits per heavy atom. The molecule has 146 valence electrons. The summed E-state index contributed by atoms with van der Waals surface area (Å²) < 4.78 is 14.2. The molecule has 0 spiro atoms. The molecule has 1 heterocycles. The Labute approximate surface area is 158 Å². The van der Waals surface area contributed by atoms with E-state index in [1.807, 2.05) is 13.8 Å². The van der Waals surface area contributed by atoms with Crippen LogP contribution in [0.5, 0.6) is 0 Å². The summed E-state index contributed by atoms with van der Waals surface area (Å²) in [6, 6.07) is 4.63. The van der Waals surface area contributed by atoms with Crippen molar-refractivity contribution in [3.63, 3.8) is 0 Å². The first-order chi connectivity index (χ1) is 12.8. The van der Waals surface area contributed by atoms with Gasteiger partial charge in [-0.1, -0.05) is 32.6 Å². The van der Waals surface area contributed by atoms with E-state index in [4.69, 9.17) is 0 Å². The Morgan fingerprint density at radius 1 is 1.30 bits per heavy atom. The molecule has 2 rings (SSSR count). The normalized spacial score (nSPS) is 19.3. The molecule has 0 saturated carbocycles. The lowest BCUT2D eigenvalue weighted by Crippen LogP contribution is -2.51. The van der Waals surface area contributed by atoms with Crippen LogP contribution in [0, 0.1) is 17.7 Å². The third-order valence-corrected chi connectivity index (χ3v) is 4.75. The molecule has 1 saturated heterocycles. The zero-order valence-electron chi connectivity index (χ0n) is 15.7. The van der Waals surface area contributed by atoms with Crippen molar-refractivity contribution in [1.82, 2.24) is 16.0 Å². The molecule has 3 N–H and O–H groups in total. The quantitative estimate of drug-likeness (QED) is 0.502. The minimum Gasteiger partial charge on any atom is -0.352 e. The molecule has 27 heavy (non-hydrogen) atoms. The van der Waals surface area contributed by atoms with Crippen LogP contribution in [0.1, 0.15) is 37.8 Å². The molecule has 1 aromatic carbocycles. The topological polar surface area (TPSA) is 87.3 Å². The summed E-state index contributed by atoms with van der Waals surface area (Å²) in [4.78, 5) is 35.6. The maximum Gasteiger partial charge on any atom is 0.243 e. The maximum absolute atomic E-state index is 14.2. The molecule has 0 aromatic heterocycles. The third-order valence-electron chi connectivity index (χ3n) is 4.75. The van der Waals surface area contributed by atoms with Gasteiger partial charge in [0.2, 0.25) is 17.7 Å². The highest BCUT2D eigenvalue weighted by Gasteiger charge is 2.34. The Morgan fingerprint density at radius 3 is 2.63 bits per heavy atom. The lowest BCUT2D eigenvalue weighted by Gasteiger charge is -2.30. The number of hydrogen-bond acceptors (Lipinski definition) is 3. The zero-order chi connectivity index (χ0) is 20.0.